The summed E-state index contributed by atoms with van der Waals surface area (Å²) in [7, 11) is -4.45. The van der Waals surface area contributed by atoms with Crippen molar-refractivity contribution in [3.63, 3.8) is 0 Å². The third-order valence-electron chi connectivity index (χ3n) is 1.97. The predicted molar refractivity (Wildman–Crippen MR) is 58.1 cm³/mol. The summed E-state index contributed by atoms with van der Waals surface area (Å²) in [6.07, 6.45) is 1.16. The first kappa shape index (κ1) is 12.1. The van der Waals surface area contributed by atoms with Crippen molar-refractivity contribution in [1.29, 1.82) is 0 Å². The van der Waals surface area contributed by atoms with E-state index < -0.39 is 13.4 Å². The number of benzene rings is 1. The minimum absolute atomic E-state index is 0.631. The molecule has 0 saturated heterocycles. The molecule has 1 aromatic carbocycles. The predicted octanol–water partition coefficient (Wildman–Crippen LogP) is 1.59. The highest BCUT2D eigenvalue weighted by Gasteiger charge is 2.23. The summed E-state index contributed by atoms with van der Waals surface area (Å²) in [5.41, 5.74) is 1.46. The van der Waals surface area contributed by atoms with Gasteiger partial charge in [0.25, 0.3) is 0 Å². The van der Waals surface area contributed by atoms with E-state index in [1.165, 1.54) is 0 Å². The average Bonchev–Trinajstić information content (AvgIpc) is 2.17. The third kappa shape index (κ3) is 3.61. The molecule has 0 spiro atoms. The Morgan fingerprint density at radius 3 is 2.33 bits per heavy atom. The van der Waals surface area contributed by atoms with E-state index in [9.17, 15) is 9.67 Å². The molecular weight excluding hydrogens is 215 g/mol. The van der Waals surface area contributed by atoms with Gasteiger partial charge in [-0.3, -0.25) is 4.57 Å². The fourth-order valence-electron chi connectivity index (χ4n) is 1.12. The quantitative estimate of drug-likeness (QED) is 0.686. The Bertz CT molecular complexity index is 393. The Balaban J connectivity index is 2.91. The number of aliphatic hydroxyl groups is 1. The maximum atomic E-state index is 10.7. The second kappa shape index (κ2) is 4.73. The lowest BCUT2D eigenvalue weighted by atomic mass is 10.1. The topological polar surface area (TPSA) is 77.8 Å². The van der Waals surface area contributed by atoms with Gasteiger partial charge in [0.15, 0.2) is 5.85 Å². The van der Waals surface area contributed by atoms with Gasteiger partial charge < -0.3 is 14.9 Å². The molecule has 1 aromatic rings. The summed E-state index contributed by atoms with van der Waals surface area (Å²) >= 11 is 0. The SMILES string of the molecule is C/C(=C\[C@@H](O)P(=O)(O)O)c1ccccc1. The van der Waals surface area contributed by atoms with Gasteiger partial charge in [-0.05, 0) is 24.1 Å². The molecule has 3 N–H and O–H groups in total. The molecule has 0 radical (unpaired) electrons. The Labute approximate surface area is 88.0 Å². The first-order valence-corrected chi connectivity index (χ1v) is 6.06. The van der Waals surface area contributed by atoms with Crippen molar-refractivity contribution < 1.29 is 19.5 Å². The van der Waals surface area contributed by atoms with Gasteiger partial charge >= 0.3 is 7.60 Å². The van der Waals surface area contributed by atoms with E-state index in [1.54, 1.807) is 19.1 Å². The van der Waals surface area contributed by atoms with Crippen LogP contribution in [0.2, 0.25) is 0 Å². The highest BCUT2D eigenvalue weighted by molar-refractivity contribution is 7.52. The standard InChI is InChI=1S/C10H13O4P/c1-8(7-10(11)15(12,13)14)9-5-3-2-4-6-9/h2-7,10-11H,1H3,(H2,12,13,14)/b8-7+/t10-/m0/s1. The van der Waals surface area contributed by atoms with Crippen LogP contribution in [-0.2, 0) is 4.57 Å². The largest absolute Gasteiger partial charge is 0.377 e. The van der Waals surface area contributed by atoms with Gasteiger partial charge in [0, 0.05) is 0 Å². The number of allylic oxidation sites excluding steroid dienone is 1. The van der Waals surface area contributed by atoms with Crippen LogP contribution in [0.4, 0.5) is 0 Å². The molecule has 0 aliphatic heterocycles. The summed E-state index contributed by atoms with van der Waals surface area (Å²) in [5.74, 6) is -1.74. The third-order valence-corrected chi connectivity index (χ3v) is 2.81. The summed E-state index contributed by atoms with van der Waals surface area (Å²) in [4.78, 5) is 17.4. The van der Waals surface area contributed by atoms with Crippen molar-refractivity contribution in [3.8, 4) is 0 Å². The van der Waals surface area contributed by atoms with Crippen molar-refractivity contribution in [3.05, 3.63) is 42.0 Å². The number of rotatable bonds is 3. The van der Waals surface area contributed by atoms with Crippen LogP contribution in [0.3, 0.4) is 0 Å². The lowest BCUT2D eigenvalue weighted by Gasteiger charge is -2.09. The molecule has 82 valence electrons. The Morgan fingerprint density at radius 1 is 1.33 bits per heavy atom. The van der Waals surface area contributed by atoms with Gasteiger partial charge in [-0.25, -0.2) is 0 Å². The summed E-state index contributed by atoms with van der Waals surface area (Å²) in [5, 5.41) is 9.18. The Hall–Kier alpha value is -0.930. The van der Waals surface area contributed by atoms with E-state index in [1.807, 2.05) is 18.2 Å². The maximum Gasteiger partial charge on any atom is 0.357 e. The molecule has 15 heavy (non-hydrogen) atoms. The van der Waals surface area contributed by atoms with Crippen molar-refractivity contribution in [2.75, 3.05) is 0 Å². The maximum absolute atomic E-state index is 10.7. The molecule has 0 heterocycles. The molecule has 5 heteroatoms. The van der Waals surface area contributed by atoms with Gasteiger partial charge in [0.2, 0.25) is 0 Å². The van der Waals surface area contributed by atoms with E-state index in [0.29, 0.717) is 5.57 Å². The lowest BCUT2D eigenvalue weighted by molar-refractivity contribution is 0.239. The van der Waals surface area contributed by atoms with E-state index in [2.05, 4.69) is 0 Å². The lowest BCUT2D eigenvalue weighted by Crippen LogP contribution is -2.03. The number of hydrogen-bond acceptors (Lipinski definition) is 2. The van der Waals surface area contributed by atoms with Crippen LogP contribution < -0.4 is 0 Å². The van der Waals surface area contributed by atoms with E-state index in [-0.39, 0.29) is 0 Å². The number of aliphatic hydroxyl groups excluding tert-OH is 1. The van der Waals surface area contributed by atoms with E-state index >= 15 is 0 Å². The van der Waals surface area contributed by atoms with Crippen LogP contribution in [0.25, 0.3) is 5.57 Å². The number of hydrogen-bond donors (Lipinski definition) is 3. The van der Waals surface area contributed by atoms with Crippen molar-refractivity contribution in [2.45, 2.75) is 12.8 Å². The van der Waals surface area contributed by atoms with Crippen LogP contribution in [0.5, 0.6) is 0 Å². The van der Waals surface area contributed by atoms with Gasteiger partial charge in [0.05, 0.1) is 0 Å². The van der Waals surface area contributed by atoms with Gasteiger partial charge in [0.1, 0.15) is 0 Å². The molecule has 0 aliphatic carbocycles. The smallest absolute Gasteiger partial charge is 0.357 e. The highest BCUT2D eigenvalue weighted by atomic mass is 31.2. The normalized spacial score (nSPS) is 15.1. The molecule has 0 saturated carbocycles. The zero-order chi connectivity index (χ0) is 11.5. The van der Waals surface area contributed by atoms with Crippen molar-refractivity contribution in [2.24, 2.45) is 0 Å². The molecule has 0 unspecified atom stereocenters. The van der Waals surface area contributed by atoms with Crippen LogP contribution in [0.15, 0.2) is 36.4 Å². The van der Waals surface area contributed by atoms with E-state index in [0.717, 1.165) is 11.6 Å². The summed E-state index contributed by atoms with van der Waals surface area (Å²) in [6.45, 7) is 1.69. The van der Waals surface area contributed by atoms with Crippen LogP contribution in [0, 0.1) is 0 Å². The second-order valence-electron chi connectivity index (χ2n) is 3.22. The minimum atomic E-state index is -4.45. The van der Waals surface area contributed by atoms with E-state index in [4.69, 9.17) is 9.79 Å². The Kier molecular flexibility index (Phi) is 3.83. The summed E-state index contributed by atoms with van der Waals surface area (Å²) in [6, 6.07) is 9.08. The molecule has 1 atom stereocenters. The first-order chi connectivity index (χ1) is 6.91. The highest BCUT2D eigenvalue weighted by Crippen LogP contribution is 2.41. The molecule has 4 nitrogen and oxygen atoms in total. The summed E-state index contributed by atoms with van der Waals surface area (Å²) < 4.78 is 10.7. The minimum Gasteiger partial charge on any atom is -0.377 e. The monoisotopic (exact) mass is 228 g/mol. The zero-order valence-corrected chi connectivity index (χ0v) is 9.13. The molecule has 1 rings (SSSR count). The second-order valence-corrected chi connectivity index (χ2v) is 4.93. The van der Waals surface area contributed by atoms with Gasteiger partial charge in [-0.1, -0.05) is 30.3 Å². The fraction of sp³-hybridized carbons (Fsp3) is 0.200. The average molecular weight is 228 g/mol. The molecule has 0 bridgehead atoms. The van der Waals surface area contributed by atoms with Crippen LogP contribution >= 0.6 is 7.60 Å². The van der Waals surface area contributed by atoms with Crippen LogP contribution in [0.1, 0.15) is 12.5 Å². The van der Waals surface area contributed by atoms with Crippen molar-refractivity contribution in [1.82, 2.24) is 0 Å². The molecule has 0 fully saturated rings. The molecule has 0 aliphatic rings. The first-order valence-electron chi connectivity index (χ1n) is 4.38. The van der Waals surface area contributed by atoms with Crippen molar-refractivity contribution >= 4 is 13.2 Å². The molecule has 0 amide bonds. The van der Waals surface area contributed by atoms with Crippen LogP contribution in [-0.4, -0.2) is 20.7 Å². The Morgan fingerprint density at radius 2 is 1.87 bits per heavy atom. The van der Waals surface area contributed by atoms with Gasteiger partial charge in [-0.2, -0.15) is 0 Å². The fourth-order valence-corrected chi connectivity index (χ4v) is 1.54. The molecule has 0 aromatic heterocycles. The molecular formula is C10H13O4P. The van der Waals surface area contributed by atoms with Gasteiger partial charge in [-0.15, -0.1) is 0 Å². The zero-order valence-electron chi connectivity index (χ0n) is 8.24.